The highest BCUT2D eigenvalue weighted by Crippen LogP contribution is 2.24. The van der Waals surface area contributed by atoms with Crippen LogP contribution in [-0.4, -0.2) is 23.6 Å². The second kappa shape index (κ2) is 7.02. The zero-order valence-corrected chi connectivity index (χ0v) is 11.9. The Bertz CT molecular complexity index is 528. The van der Waals surface area contributed by atoms with Gasteiger partial charge in [-0.25, -0.2) is 0 Å². The molecule has 2 atom stereocenters. The van der Waals surface area contributed by atoms with Crippen LogP contribution < -0.4 is 11.1 Å². The Morgan fingerprint density at radius 3 is 2.62 bits per heavy atom. The molecule has 0 aliphatic heterocycles. The van der Waals surface area contributed by atoms with Crippen LogP contribution in [0.3, 0.4) is 0 Å². The Morgan fingerprint density at radius 1 is 1.29 bits per heavy atom. The quantitative estimate of drug-likeness (QED) is 0.845. The highest BCUT2D eigenvalue weighted by atomic mass is 16.2. The third kappa shape index (κ3) is 4.41. The maximum atomic E-state index is 12.0. The topological polar surface area (TPSA) is 89.3 Å². The molecule has 0 radical (unpaired) electrons. The molecule has 1 saturated carbocycles. The number of benzene rings is 1. The maximum absolute atomic E-state index is 12.0. The van der Waals surface area contributed by atoms with Gasteiger partial charge in [-0.05, 0) is 24.3 Å². The van der Waals surface area contributed by atoms with Crippen LogP contribution in [0.1, 0.15) is 31.2 Å². The zero-order chi connectivity index (χ0) is 15.2. The summed E-state index contributed by atoms with van der Waals surface area (Å²) < 4.78 is 0. The van der Waals surface area contributed by atoms with E-state index in [4.69, 9.17) is 5.73 Å². The molecule has 0 bridgehead atoms. The molecule has 0 heterocycles. The molecule has 3 N–H and O–H groups in total. The van der Waals surface area contributed by atoms with Crippen molar-refractivity contribution in [2.45, 2.75) is 38.1 Å². The van der Waals surface area contributed by atoms with Gasteiger partial charge in [-0.1, -0.05) is 30.3 Å². The van der Waals surface area contributed by atoms with E-state index in [1.54, 1.807) is 0 Å². The van der Waals surface area contributed by atoms with Crippen molar-refractivity contribution < 1.29 is 14.4 Å². The first kappa shape index (κ1) is 15.2. The highest BCUT2D eigenvalue weighted by molar-refractivity contribution is 5.89. The van der Waals surface area contributed by atoms with Gasteiger partial charge in [-0.2, -0.15) is 0 Å². The second-order valence-corrected chi connectivity index (χ2v) is 5.51. The van der Waals surface area contributed by atoms with Crippen molar-refractivity contribution in [3.8, 4) is 0 Å². The SMILES string of the molecule is NC(=O)[C@@H](NC(=O)Cc1ccccc1)[C@@H]1CCCC(=O)C1. The van der Waals surface area contributed by atoms with E-state index in [1.807, 2.05) is 30.3 Å². The normalized spacial score (nSPS) is 19.8. The first-order valence-electron chi connectivity index (χ1n) is 7.20. The van der Waals surface area contributed by atoms with E-state index in [2.05, 4.69) is 5.32 Å². The molecule has 2 rings (SSSR count). The molecule has 1 aromatic carbocycles. The summed E-state index contributed by atoms with van der Waals surface area (Å²) in [4.78, 5) is 35.1. The fraction of sp³-hybridized carbons (Fsp3) is 0.438. The van der Waals surface area contributed by atoms with Crippen molar-refractivity contribution in [3.63, 3.8) is 0 Å². The summed E-state index contributed by atoms with van der Waals surface area (Å²) in [5.41, 5.74) is 6.26. The molecule has 1 fully saturated rings. The predicted octanol–water partition coefficient (Wildman–Crippen LogP) is 0.959. The minimum Gasteiger partial charge on any atom is -0.368 e. The predicted molar refractivity (Wildman–Crippen MR) is 78.2 cm³/mol. The summed E-state index contributed by atoms with van der Waals surface area (Å²) in [7, 11) is 0. The van der Waals surface area contributed by atoms with Gasteiger partial charge in [0.25, 0.3) is 0 Å². The maximum Gasteiger partial charge on any atom is 0.240 e. The lowest BCUT2D eigenvalue weighted by Gasteiger charge is -2.28. The van der Waals surface area contributed by atoms with Gasteiger partial charge < -0.3 is 11.1 Å². The van der Waals surface area contributed by atoms with Gasteiger partial charge in [0.1, 0.15) is 11.8 Å². The van der Waals surface area contributed by atoms with Gasteiger partial charge in [-0.3, -0.25) is 14.4 Å². The molecule has 5 heteroatoms. The third-order valence-corrected chi connectivity index (χ3v) is 3.82. The molecule has 0 aromatic heterocycles. The molecule has 1 aliphatic rings. The largest absolute Gasteiger partial charge is 0.368 e. The van der Waals surface area contributed by atoms with Crippen LogP contribution in [0.2, 0.25) is 0 Å². The van der Waals surface area contributed by atoms with Crippen LogP contribution in [0.25, 0.3) is 0 Å². The van der Waals surface area contributed by atoms with Crippen LogP contribution in [0.5, 0.6) is 0 Å². The minimum absolute atomic E-state index is 0.134. The molecule has 1 aliphatic carbocycles. The number of nitrogens with one attached hydrogen (secondary N) is 1. The minimum atomic E-state index is -0.759. The van der Waals surface area contributed by atoms with Crippen LogP contribution in [-0.2, 0) is 20.8 Å². The molecule has 0 unspecified atom stereocenters. The van der Waals surface area contributed by atoms with Crippen LogP contribution in [0, 0.1) is 5.92 Å². The monoisotopic (exact) mass is 288 g/mol. The molecule has 5 nitrogen and oxygen atoms in total. The number of hydrogen-bond acceptors (Lipinski definition) is 3. The standard InChI is InChI=1S/C16H20N2O3/c17-16(21)15(12-7-4-8-13(19)10-12)18-14(20)9-11-5-2-1-3-6-11/h1-3,5-6,12,15H,4,7-10H2,(H2,17,21)(H,18,20)/t12-,15+/m1/s1. The average molecular weight is 288 g/mol. The van der Waals surface area contributed by atoms with Gasteiger partial charge in [0, 0.05) is 12.8 Å². The van der Waals surface area contributed by atoms with E-state index in [9.17, 15) is 14.4 Å². The summed E-state index contributed by atoms with van der Waals surface area (Å²) in [6.45, 7) is 0. The van der Waals surface area contributed by atoms with Gasteiger partial charge in [0.05, 0.1) is 6.42 Å². The fourth-order valence-electron chi connectivity index (χ4n) is 2.77. The van der Waals surface area contributed by atoms with Crippen LogP contribution >= 0.6 is 0 Å². The number of nitrogens with two attached hydrogens (primary N) is 1. The van der Waals surface area contributed by atoms with E-state index >= 15 is 0 Å². The van der Waals surface area contributed by atoms with Gasteiger partial charge >= 0.3 is 0 Å². The highest BCUT2D eigenvalue weighted by Gasteiger charge is 2.31. The van der Waals surface area contributed by atoms with E-state index in [0.29, 0.717) is 12.8 Å². The van der Waals surface area contributed by atoms with Crippen molar-refractivity contribution in [2.75, 3.05) is 0 Å². The summed E-state index contributed by atoms with van der Waals surface area (Å²) >= 11 is 0. The molecule has 21 heavy (non-hydrogen) atoms. The Balaban J connectivity index is 1.97. The fourth-order valence-corrected chi connectivity index (χ4v) is 2.77. The molecule has 1 aromatic rings. The Morgan fingerprint density at radius 2 is 2.00 bits per heavy atom. The number of carbonyl (C=O) groups is 3. The van der Waals surface area contributed by atoms with Gasteiger partial charge in [-0.15, -0.1) is 0 Å². The lowest BCUT2D eigenvalue weighted by atomic mass is 9.83. The number of primary amides is 1. The van der Waals surface area contributed by atoms with Crippen molar-refractivity contribution in [1.82, 2.24) is 5.32 Å². The van der Waals surface area contributed by atoms with Crippen molar-refractivity contribution in [2.24, 2.45) is 11.7 Å². The Labute approximate surface area is 123 Å². The molecule has 0 saturated heterocycles. The smallest absolute Gasteiger partial charge is 0.240 e. The van der Waals surface area contributed by atoms with E-state index in [1.165, 1.54) is 0 Å². The van der Waals surface area contributed by atoms with Gasteiger partial charge in [0.2, 0.25) is 11.8 Å². The number of carbonyl (C=O) groups excluding carboxylic acids is 3. The van der Waals surface area contributed by atoms with Gasteiger partial charge in [0.15, 0.2) is 0 Å². The molecular weight excluding hydrogens is 268 g/mol. The van der Waals surface area contributed by atoms with Crippen LogP contribution in [0.4, 0.5) is 0 Å². The Hall–Kier alpha value is -2.17. The lowest BCUT2D eigenvalue weighted by Crippen LogP contribution is -2.50. The second-order valence-electron chi connectivity index (χ2n) is 5.51. The Kier molecular flexibility index (Phi) is 5.09. The number of ketones is 1. The van der Waals surface area contributed by atoms with E-state index in [-0.39, 0.29) is 24.0 Å². The molecule has 112 valence electrons. The van der Waals surface area contributed by atoms with Crippen molar-refractivity contribution in [3.05, 3.63) is 35.9 Å². The molecule has 0 spiro atoms. The van der Waals surface area contributed by atoms with E-state index < -0.39 is 11.9 Å². The zero-order valence-electron chi connectivity index (χ0n) is 11.9. The first-order valence-corrected chi connectivity index (χ1v) is 7.20. The molecular formula is C16H20N2O3. The summed E-state index contributed by atoms with van der Waals surface area (Å²) in [6.07, 6.45) is 2.57. The first-order chi connectivity index (χ1) is 10.1. The summed E-state index contributed by atoms with van der Waals surface area (Å²) in [5, 5.41) is 2.69. The lowest BCUT2D eigenvalue weighted by molar-refractivity contribution is -0.130. The number of rotatable bonds is 5. The number of Topliss-reactive ketones (excluding diaryl/α,β-unsaturated/α-hetero) is 1. The average Bonchev–Trinajstić information content (AvgIpc) is 2.45. The summed E-state index contributed by atoms with van der Waals surface area (Å²) in [5.74, 6) is -0.864. The van der Waals surface area contributed by atoms with E-state index in [0.717, 1.165) is 18.4 Å². The molecule has 2 amide bonds. The number of hydrogen-bond donors (Lipinski definition) is 2. The van der Waals surface area contributed by atoms with Crippen molar-refractivity contribution in [1.29, 1.82) is 0 Å². The summed E-state index contributed by atoms with van der Waals surface area (Å²) in [6, 6.07) is 8.53. The van der Waals surface area contributed by atoms with Crippen molar-refractivity contribution >= 4 is 17.6 Å². The number of amides is 2. The third-order valence-electron chi connectivity index (χ3n) is 3.82. The van der Waals surface area contributed by atoms with Crippen LogP contribution in [0.15, 0.2) is 30.3 Å².